The van der Waals surface area contributed by atoms with E-state index < -0.39 is 0 Å². The van der Waals surface area contributed by atoms with Gasteiger partial charge < -0.3 is 10.3 Å². The molecule has 1 atom stereocenters. The van der Waals surface area contributed by atoms with Gasteiger partial charge in [-0.05, 0) is 43.0 Å². The fourth-order valence-electron chi connectivity index (χ4n) is 2.62. The maximum Gasteiger partial charge on any atom is 0.138 e. The van der Waals surface area contributed by atoms with E-state index in [0.29, 0.717) is 0 Å². The van der Waals surface area contributed by atoms with Crippen LogP contribution in [0.15, 0.2) is 36.0 Å². The summed E-state index contributed by atoms with van der Waals surface area (Å²) in [6.45, 7) is 4.10. The molecule has 5 nitrogen and oxygen atoms in total. The number of benzene rings is 1. The van der Waals surface area contributed by atoms with Gasteiger partial charge in [0.1, 0.15) is 22.8 Å². The predicted molar refractivity (Wildman–Crippen MR) is 90.3 cm³/mol. The van der Waals surface area contributed by atoms with Gasteiger partial charge in [0.15, 0.2) is 0 Å². The van der Waals surface area contributed by atoms with Crippen molar-refractivity contribution < 1.29 is 0 Å². The number of thiophene rings is 1. The summed E-state index contributed by atoms with van der Waals surface area (Å²) in [5.41, 5.74) is 3.25. The van der Waals surface area contributed by atoms with Crippen molar-refractivity contribution in [3.8, 4) is 0 Å². The Labute approximate surface area is 131 Å². The number of aromatic amines is 1. The maximum atomic E-state index is 4.44. The normalized spacial score (nSPS) is 12.8. The summed E-state index contributed by atoms with van der Waals surface area (Å²) >= 11 is 1.62. The van der Waals surface area contributed by atoms with E-state index in [9.17, 15) is 0 Å². The van der Waals surface area contributed by atoms with Crippen LogP contribution in [0.2, 0.25) is 0 Å². The summed E-state index contributed by atoms with van der Waals surface area (Å²) in [5.74, 6) is 1.81. The SMILES string of the molecule is Cc1nc2ccc(C(C)Nc3ncnc4sccc34)cc2[nH]1. The fourth-order valence-corrected chi connectivity index (χ4v) is 3.35. The molecule has 3 aromatic heterocycles. The standard InChI is InChI=1S/C16H15N5S/c1-9(11-3-4-13-14(7-11)21-10(2)20-13)19-15-12-5-6-22-16(12)18-8-17-15/h3-9H,1-2H3,(H,20,21)(H,17,18,19). The first-order chi connectivity index (χ1) is 10.7. The van der Waals surface area contributed by atoms with E-state index in [4.69, 9.17) is 0 Å². The Bertz CT molecular complexity index is 955. The van der Waals surface area contributed by atoms with Crippen molar-refractivity contribution in [2.45, 2.75) is 19.9 Å². The quantitative estimate of drug-likeness (QED) is 0.599. The van der Waals surface area contributed by atoms with Gasteiger partial charge in [0, 0.05) is 0 Å². The Hall–Kier alpha value is -2.47. The molecule has 0 bridgehead atoms. The van der Waals surface area contributed by atoms with Gasteiger partial charge in [0.2, 0.25) is 0 Å². The van der Waals surface area contributed by atoms with E-state index in [1.165, 1.54) is 5.56 Å². The molecule has 4 aromatic rings. The summed E-state index contributed by atoms with van der Waals surface area (Å²) < 4.78 is 0. The van der Waals surface area contributed by atoms with Gasteiger partial charge >= 0.3 is 0 Å². The van der Waals surface area contributed by atoms with Crippen LogP contribution in [0.1, 0.15) is 24.4 Å². The summed E-state index contributed by atoms with van der Waals surface area (Å²) in [5, 5.41) is 6.58. The first-order valence-electron chi connectivity index (χ1n) is 7.12. The van der Waals surface area contributed by atoms with Crippen LogP contribution in [-0.2, 0) is 0 Å². The van der Waals surface area contributed by atoms with Crippen molar-refractivity contribution in [2.75, 3.05) is 5.32 Å². The zero-order valence-electron chi connectivity index (χ0n) is 12.3. The zero-order valence-corrected chi connectivity index (χ0v) is 13.1. The van der Waals surface area contributed by atoms with Gasteiger partial charge in [0.05, 0.1) is 22.5 Å². The van der Waals surface area contributed by atoms with Crippen molar-refractivity contribution in [2.24, 2.45) is 0 Å². The fraction of sp³-hybridized carbons (Fsp3) is 0.188. The largest absolute Gasteiger partial charge is 0.363 e. The second-order valence-corrected chi connectivity index (χ2v) is 6.22. The Morgan fingerprint density at radius 2 is 2.14 bits per heavy atom. The summed E-state index contributed by atoms with van der Waals surface area (Å²) in [6, 6.07) is 8.49. The van der Waals surface area contributed by atoms with E-state index in [1.54, 1.807) is 17.7 Å². The molecule has 0 saturated heterocycles. The van der Waals surface area contributed by atoms with Crippen molar-refractivity contribution in [3.63, 3.8) is 0 Å². The van der Waals surface area contributed by atoms with Crippen LogP contribution in [0.4, 0.5) is 5.82 Å². The Morgan fingerprint density at radius 1 is 1.23 bits per heavy atom. The molecule has 3 heterocycles. The number of aromatic nitrogens is 4. The number of rotatable bonds is 3. The molecule has 4 rings (SSSR count). The molecule has 0 fully saturated rings. The highest BCUT2D eigenvalue weighted by Gasteiger charge is 2.11. The molecule has 0 aliphatic rings. The van der Waals surface area contributed by atoms with E-state index in [0.717, 1.165) is 32.9 Å². The lowest BCUT2D eigenvalue weighted by Gasteiger charge is -2.15. The molecule has 2 N–H and O–H groups in total. The average Bonchev–Trinajstić information content (AvgIpc) is 3.11. The highest BCUT2D eigenvalue weighted by Crippen LogP contribution is 2.27. The molecule has 110 valence electrons. The number of hydrogen-bond donors (Lipinski definition) is 2. The third-order valence-electron chi connectivity index (χ3n) is 3.74. The van der Waals surface area contributed by atoms with Gasteiger partial charge in [-0.3, -0.25) is 0 Å². The molecule has 0 aliphatic carbocycles. The first kappa shape index (κ1) is 13.2. The van der Waals surface area contributed by atoms with Gasteiger partial charge in [-0.25, -0.2) is 15.0 Å². The Balaban J connectivity index is 1.67. The topological polar surface area (TPSA) is 66.5 Å². The summed E-state index contributed by atoms with van der Waals surface area (Å²) in [4.78, 5) is 17.4. The number of nitrogens with zero attached hydrogens (tertiary/aromatic N) is 3. The molecule has 0 saturated carbocycles. The van der Waals surface area contributed by atoms with Crippen molar-refractivity contribution in [3.05, 3.63) is 47.4 Å². The average molecular weight is 309 g/mol. The maximum absolute atomic E-state index is 4.44. The van der Waals surface area contributed by atoms with Gasteiger partial charge in [0.25, 0.3) is 0 Å². The van der Waals surface area contributed by atoms with Crippen LogP contribution in [0.3, 0.4) is 0 Å². The predicted octanol–water partition coefficient (Wildman–Crippen LogP) is 4.05. The van der Waals surface area contributed by atoms with Crippen LogP contribution in [0.5, 0.6) is 0 Å². The molecular formula is C16H15N5S. The summed E-state index contributed by atoms with van der Waals surface area (Å²) in [6.07, 6.45) is 1.61. The Morgan fingerprint density at radius 3 is 3.05 bits per heavy atom. The Kier molecular flexibility index (Phi) is 3.04. The second-order valence-electron chi connectivity index (χ2n) is 5.33. The van der Waals surface area contributed by atoms with Crippen LogP contribution in [0.25, 0.3) is 21.3 Å². The van der Waals surface area contributed by atoms with Gasteiger partial charge in [-0.15, -0.1) is 11.3 Å². The molecule has 0 radical (unpaired) electrons. The number of fused-ring (bicyclic) bond motifs is 2. The number of aryl methyl sites for hydroxylation is 1. The second kappa shape index (κ2) is 5.06. The highest BCUT2D eigenvalue weighted by molar-refractivity contribution is 7.16. The van der Waals surface area contributed by atoms with E-state index in [2.05, 4.69) is 50.4 Å². The van der Waals surface area contributed by atoms with Crippen LogP contribution in [0, 0.1) is 6.92 Å². The number of nitrogens with one attached hydrogen (secondary N) is 2. The molecule has 0 amide bonds. The van der Waals surface area contributed by atoms with Crippen LogP contribution >= 0.6 is 11.3 Å². The monoisotopic (exact) mass is 309 g/mol. The zero-order chi connectivity index (χ0) is 15.1. The van der Waals surface area contributed by atoms with E-state index in [-0.39, 0.29) is 6.04 Å². The van der Waals surface area contributed by atoms with Crippen LogP contribution in [-0.4, -0.2) is 19.9 Å². The number of imidazole rings is 1. The third kappa shape index (κ3) is 2.21. The highest BCUT2D eigenvalue weighted by atomic mass is 32.1. The number of anilines is 1. The lowest BCUT2D eigenvalue weighted by Crippen LogP contribution is -2.08. The van der Waals surface area contributed by atoms with E-state index >= 15 is 0 Å². The molecule has 0 spiro atoms. The minimum atomic E-state index is 0.144. The molecule has 22 heavy (non-hydrogen) atoms. The van der Waals surface area contributed by atoms with Crippen molar-refractivity contribution >= 4 is 38.4 Å². The lowest BCUT2D eigenvalue weighted by molar-refractivity contribution is 0.877. The molecule has 1 unspecified atom stereocenters. The molecule has 1 aromatic carbocycles. The molecular weight excluding hydrogens is 294 g/mol. The first-order valence-corrected chi connectivity index (χ1v) is 8.00. The smallest absolute Gasteiger partial charge is 0.138 e. The van der Waals surface area contributed by atoms with Crippen molar-refractivity contribution in [1.82, 2.24) is 19.9 Å². The number of H-pyrrole nitrogens is 1. The lowest BCUT2D eigenvalue weighted by atomic mass is 10.1. The minimum absolute atomic E-state index is 0.144. The van der Waals surface area contributed by atoms with Crippen LogP contribution < -0.4 is 5.32 Å². The summed E-state index contributed by atoms with van der Waals surface area (Å²) in [7, 11) is 0. The third-order valence-corrected chi connectivity index (χ3v) is 4.56. The molecule has 0 aliphatic heterocycles. The molecule has 6 heteroatoms. The van der Waals surface area contributed by atoms with E-state index in [1.807, 2.05) is 18.4 Å². The minimum Gasteiger partial charge on any atom is -0.363 e. The van der Waals surface area contributed by atoms with Gasteiger partial charge in [-0.2, -0.15) is 0 Å². The van der Waals surface area contributed by atoms with Crippen molar-refractivity contribution in [1.29, 1.82) is 0 Å². The number of hydrogen-bond acceptors (Lipinski definition) is 5. The van der Waals surface area contributed by atoms with Gasteiger partial charge in [-0.1, -0.05) is 6.07 Å².